The van der Waals surface area contributed by atoms with Gasteiger partial charge >= 0.3 is 0 Å². The van der Waals surface area contributed by atoms with Gasteiger partial charge in [-0.3, -0.25) is 4.72 Å². The average Bonchev–Trinajstić information content (AvgIpc) is 2.65. The Morgan fingerprint density at radius 2 is 2.12 bits per heavy atom. The molecule has 0 aliphatic rings. The number of hydrogen-bond acceptors (Lipinski definition) is 6. The van der Waals surface area contributed by atoms with Crippen LogP contribution in [0.15, 0.2) is 0 Å². The van der Waals surface area contributed by atoms with Crippen LogP contribution in [0.25, 0.3) is 0 Å². The molecule has 0 aliphatic carbocycles. The highest BCUT2D eigenvalue weighted by Gasteiger charge is 2.12. The Bertz CT molecular complexity index is 416. The third-order valence-electron chi connectivity index (χ3n) is 1.83. The lowest BCUT2D eigenvalue weighted by atomic mass is 10.4. The Hall–Kier alpha value is -0.730. The van der Waals surface area contributed by atoms with Crippen molar-refractivity contribution >= 4 is 26.5 Å². The SMILES string of the molecule is CCc1nnc(NS(=O)(=O)CCCCO)s1. The third-order valence-corrected chi connectivity index (χ3v) is 4.28. The standard InChI is InChI=1S/C8H15N3O3S2/c1-2-7-9-10-8(15-7)11-16(13,14)6-4-3-5-12/h12H,2-6H2,1H3,(H,10,11). The second-order valence-corrected chi connectivity index (χ2v) is 6.11. The third kappa shape index (κ3) is 4.42. The van der Waals surface area contributed by atoms with E-state index in [9.17, 15) is 8.42 Å². The van der Waals surface area contributed by atoms with Crippen molar-refractivity contribution in [2.75, 3.05) is 17.1 Å². The lowest BCUT2D eigenvalue weighted by molar-refractivity contribution is 0.287. The summed E-state index contributed by atoms with van der Waals surface area (Å²) >= 11 is 1.24. The van der Waals surface area contributed by atoms with Crippen LogP contribution in [0.4, 0.5) is 5.13 Å². The fourth-order valence-corrected chi connectivity index (χ4v) is 3.10. The van der Waals surface area contributed by atoms with Gasteiger partial charge in [0, 0.05) is 6.61 Å². The minimum Gasteiger partial charge on any atom is -0.396 e. The summed E-state index contributed by atoms with van der Waals surface area (Å²) in [5, 5.41) is 17.2. The molecule has 0 saturated heterocycles. The lowest BCUT2D eigenvalue weighted by Crippen LogP contribution is -2.16. The monoisotopic (exact) mass is 265 g/mol. The molecular formula is C8H15N3O3S2. The number of unbranched alkanes of at least 4 members (excludes halogenated alkanes) is 1. The highest BCUT2D eigenvalue weighted by atomic mass is 32.2. The summed E-state index contributed by atoms with van der Waals surface area (Å²) in [4.78, 5) is 0. The number of sulfonamides is 1. The van der Waals surface area contributed by atoms with Crippen molar-refractivity contribution in [1.82, 2.24) is 10.2 Å². The number of hydrogen-bond donors (Lipinski definition) is 2. The Morgan fingerprint density at radius 3 is 2.69 bits per heavy atom. The normalized spacial score (nSPS) is 11.6. The largest absolute Gasteiger partial charge is 0.396 e. The zero-order valence-electron chi connectivity index (χ0n) is 9.01. The molecule has 92 valence electrons. The first kappa shape index (κ1) is 13.3. The van der Waals surface area contributed by atoms with Gasteiger partial charge < -0.3 is 5.11 Å². The van der Waals surface area contributed by atoms with Crippen LogP contribution < -0.4 is 4.72 Å². The molecule has 0 bridgehead atoms. The number of aliphatic hydroxyl groups excluding tert-OH is 1. The predicted molar refractivity (Wildman–Crippen MR) is 63.0 cm³/mol. The van der Waals surface area contributed by atoms with Crippen molar-refractivity contribution in [1.29, 1.82) is 0 Å². The van der Waals surface area contributed by atoms with E-state index in [1.807, 2.05) is 6.92 Å². The van der Waals surface area contributed by atoms with Gasteiger partial charge in [0.2, 0.25) is 15.2 Å². The summed E-state index contributed by atoms with van der Waals surface area (Å²) in [5.41, 5.74) is 0. The molecule has 1 heterocycles. The summed E-state index contributed by atoms with van der Waals surface area (Å²) < 4.78 is 25.4. The smallest absolute Gasteiger partial charge is 0.234 e. The summed E-state index contributed by atoms with van der Waals surface area (Å²) in [6, 6.07) is 0. The Morgan fingerprint density at radius 1 is 1.38 bits per heavy atom. The molecule has 6 nitrogen and oxygen atoms in total. The molecule has 0 radical (unpaired) electrons. The molecule has 1 rings (SSSR count). The van der Waals surface area contributed by atoms with E-state index in [0.717, 1.165) is 11.4 Å². The summed E-state index contributed by atoms with van der Waals surface area (Å²) in [7, 11) is -3.35. The number of rotatable bonds is 7. The minimum absolute atomic E-state index is 0.00536. The summed E-state index contributed by atoms with van der Waals surface area (Å²) in [6.45, 7) is 1.94. The predicted octanol–water partition coefficient (Wildman–Crippen LogP) is 0.615. The van der Waals surface area contributed by atoms with E-state index in [2.05, 4.69) is 14.9 Å². The van der Waals surface area contributed by atoms with Crippen LogP contribution in [0.5, 0.6) is 0 Å². The van der Waals surface area contributed by atoms with E-state index < -0.39 is 10.0 Å². The van der Waals surface area contributed by atoms with Gasteiger partial charge in [0.25, 0.3) is 0 Å². The van der Waals surface area contributed by atoms with E-state index >= 15 is 0 Å². The van der Waals surface area contributed by atoms with Gasteiger partial charge in [0.1, 0.15) is 5.01 Å². The van der Waals surface area contributed by atoms with Gasteiger partial charge in [-0.05, 0) is 19.3 Å². The molecule has 1 aromatic heterocycles. The number of nitrogens with one attached hydrogen (secondary N) is 1. The van der Waals surface area contributed by atoms with Gasteiger partial charge in [0.15, 0.2) is 0 Å². The van der Waals surface area contributed by atoms with Crippen molar-refractivity contribution in [3.63, 3.8) is 0 Å². The molecule has 1 aromatic rings. The van der Waals surface area contributed by atoms with Gasteiger partial charge in [0.05, 0.1) is 5.75 Å². The Balaban J connectivity index is 2.51. The fraction of sp³-hybridized carbons (Fsp3) is 0.750. The van der Waals surface area contributed by atoms with E-state index in [-0.39, 0.29) is 12.4 Å². The molecule has 0 fully saturated rings. The fourth-order valence-electron chi connectivity index (χ4n) is 1.03. The molecule has 0 aliphatic heterocycles. The molecule has 2 N–H and O–H groups in total. The first-order chi connectivity index (χ1) is 7.57. The number of aliphatic hydroxyl groups is 1. The summed E-state index contributed by atoms with van der Waals surface area (Å²) in [6.07, 6.45) is 1.66. The number of anilines is 1. The number of aromatic nitrogens is 2. The summed E-state index contributed by atoms with van der Waals surface area (Å²) in [5.74, 6) is -0.00536. The molecule has 8 heteroatoms. The van der Waals surface area contributed by atoms with Crippen molar-refractivity contribution in [2.45, 2.75) is 26.2 Å². The van der Waals surface area contributed by atoms with Gasteiger partial charge in [-0.2, -0.15) is 0 Å². The van der Waals surface area contributed by atoms with Crippen molar-refractivity contribution < 1.29 is 13.5 Å². The van der Waals surface area contributed by atoms with Crippen LogP contribution in [0.3, 0.4) is 0 Å². The highest BCUT2D eigenvalue weighted by Crippen LogP contribution is 2.17. The van der Waals surface area contributed by atoms with Crippen LogP contribution in [0.2, 0.25) is 0 Å². The molecule has 0 amide bonds. The van der Waals surface area contributed by atoms with Crippen molar-refractivity contribution in [3.8, 4) is 0 Å². The highest BCUT2D eigenvalue weighted by molar-refractivity contribution is 7.92. The number of nitrogens with zero attached hydrogens (tertiary/aromatic N) is 2. The molecule has 0 unspecified atom stereocenters. The quantitative estimate of drug-likeness (QED) is 0.705. The van der Waals surface area contributed by atoms with Crippen LogP contribution in [-0.4, -0.2) is 36.1 Å². The maximum absolute atomic E-state index is 11.5. The Labute approximate surface area is 98.8 Å². The Kier molecular flexibility index (Phi) is 5.10. The van der Waals surface area contributed by atoms with Crippen LogP contribution in [0, 0.1) is 0 Å². The molecule has 0 aromatic carbocycles. The van der Waals surface area contributed by atoms with Crippen LogP contribution in [0.1, 0.15) is 24.8 Å². The molecule has 0 spiro atoms. The maximum Gasteiger partial charge on any atom is 0.234 e. The molecule has 16 heavy (non-hydrogen) atoms. The van der Waals surface area contributed by atoms with E-state index in [0.29, 0.717) is 18.0 Å². The first-order valence-corrected chi connectivity index (χ1v) is 7.48. The molecular weight excluding hydrogens is 250 g/mol. The lowest BCUT2D eigenvalue weighted by Gasteiger charge is -2.02. The first-order valence-electron chi connectivity index (χ1n) is 5.01. The van der Waals surface area contributed by atoms with E-state index in [1.54, 1.807) is 0 Å². The second kappa shape index (κ2) is 6.12. The average molecular weight is 265 g/mol. The van der Waals surface area contributed by atoms with E-state index in [1.165, 1.54) is 11.3 Å². The van der Waals surface area contributed by atoms with Crippen molar-refractivity contribution in [2.24, 2.45) is 0 Å². The van der Waals surface area contributed by atoms with Gasteiger partial charge in [-0.1, -0.05) is 18.3 Å². The molecule has 0 atom stereocenters. The van der Waals surface area contributed by atoms with Crippen molar-refractivity contribution in [3.05, 3.63) is 5.01 Å². The zero-order chi connectivity index (χ0) is 12.0. The minimum atomic E-state index is -3.35. The number of aryl methyl sites for hydroxylation is 1. The van der Waals surface area contributed by atoms with Crippen LogP contribution >= 0.6 is 11.3 Å². The van der Waals surface area contributed by atoms with E-state index in [4.69, 9.17) is 5.11 Å². The second-order valence-electron chi connectivity index (χ2n) is 3.21. The van der Waals surface area contributed by atoms with Crippen LogP contribution in [-0.2, 0) is 16.4 Å². The van der Waals surface area contributed by atoms with Gasteiger partial charge in [-0.25, -0.2) is 8.42 Å². The zero-order valence-corrected chi connectivity index (χ0v) is 10.6. The topological polar surface area (TPSA) is 92.2 Å². The maximum atomic E-state index is 11.5. The molecule has 0 saturated carbocycles. The van der Waals surface area contributed by atoms with Gasteiger partial charge in [-0.15, -0.1) is 10.2 Å².